The molecular weight excluding hydrogens is 448 g/mol. The summed E-state index contributed by atoms with van der Waals surface area (Å²) < 4.78 is 16.8. The number of carboxylic acids is 1. The van der Waals surface area contributed by atoms with Gasteiger partial charge in [-0.1, -0.05) is 37.6 Å². The monoisotopic (exact) mass is 486 g/mol. The van der Waals surface area contributed by atoms with Crippen LogP contribution >= 0.6 is 0 Å². The fraction of sp³-hybridized carbons (Fsp3) is 0.481. The number of hydrogen-bond acceptors (Lipinski definition) is 5. The predicted molar refractivity (Wildman–Crippen MR) is 136 cm³/mol. The molecule has 2 aromatic carbocycles. The van der Waals surface area contributed by atoms with Gasteiger partial charge in [0.25, 0.3) is 0 Å². The quantitative estimate of drug-likeness (QED) is 0.332. The average molecular weight is 487 g/mol. The Hall–Kier alpha value is -3.10. The molecule has 0 saturated heterocycles. The van der Waals surface area contributed by atoms with Crippen molar-refractivity contribution in [2.45, 2.75) is 46.1 Å². The van der Waals surface area contributed by atoms with Gasteiger partial charge in [0.2, 0.25) is 0 Å². The highest BCUT2D eigenvalue weighted by molar-refractivity contribution is 5.89. The second-order valence-electron chi connectivity index (χ2n) is 8.23. The van der Waals surface area contributed by atoms with Crippen molar-refractivity contribution in [3.05, 3.63) is 59.7 Å². The summed E-state index contributed by atoms with van der Waals surface area (Å²) in [5, 5.41) is 12.2. The summed E-state index contributed by atoms with van der Waals surface area (Å²) in [7, 11) is 0. The van der Waals surface area contributed by atoms with Gasteiger partial charge in [0.15, 0.2) is 6.10 Å². The van der Waals surface area contributed by atoms with Gasteiger partial charge in [-0.3, -0.25) is 0 Å². The minimum absolute atomic E-state index is 0.204. The first-order chi connectivity index (χ1) is 16.9. The summed E-state index contributed by atoms with van der Waals surface area (Å²) in [6.45, 7) is 8.50. The SMILES string of the molecule is CCCCOCCN(CCOc1ccc(CC(OCC)C(=O)O)cc1)C(=O)Nc1cccc(C)c1. The summed E-state index contributed by atoms with van der Waals surface area (Å²) >= 11 is 0. The summed E-state index contributed by atoms with van der Waals surface area (Å²) in [4.78, 5) is 25.9. The van der Waals surface area contributed by atoms with Crippen LogP contribution < -0.4 is 10.1 Å². The Labute approximate surface area is 208 Å². The first-order valence-corrected chi connectivity index (χ1v) is 12.2. The normalized spacial score (nSPS) is 11.6. The molecule has 2 rings (SSSR count). The number of benzene rings is 2. The lowest BCUT2D eigenvalue weighted by Gasteiger charge is -2.23. The van der Waals surface area contributed by atoms with E-state index in [1.807, 2.05) is 43.3 Å². The van der Waals surface area contributed by atoms with E-state index in [4.69, 9.17) is 14.2 Å². The van der Waals surface area contributed by atoms with Crippen LogP contribution in [0.25, 0.3) is 0 Å². The van der Waals surface area contributed by atoms with E-state index in [2.05, 4.69) is 12.2 Å². The number of unbranched alkanes of at least 4 members (excludes halogenated alkanes) is 1. The first-order valence-electron chi connectivity index (χ1n) is 12.2. The second-order valence-corrected chi connectivity index (χ2v) is 8.23. The number of rotatable bonds is 16. The van der Waals surface area contributed by atoms with Gasteiger partial charge >= 0.3 is 12.0 Å². The number of aliphatic carboxylic acids is 1. The highest BCUT2D eigenvalue weighted by Gasteiger charge is 2.18. The topological polar surface area (TPSA) is 97.3 Å². The molecule has 0 fully saturated rings. The third kappa shape index (κ3) is 10.8. The lowest BCUT2D eigenvalue weighted by Crippen LogP contribution is -2.40. The van der Waals surface area contributed by atoms with Gasteiger partial charge < -0.3 is 29.5 Å². The zero-order valence-electron chi connectivity index (χ0n) is 21.0. The molecule has 0 aliphatic heterocycles. The summed E-state index contributed by atoms with van der Waals surface area (Å²) in [5.41, 5.74) is 2.66. The molecular formula is C27H38N2O6. The van der Waals surface area contributed by atoms with Gasteiger partial charge in [0.05, 0.1) is 13.2 Å². The molecule has 0 saturated carbocycles. The van der Waals surface area contributed by atoms with Crippen LogP contribution in [0.15, 0.2) is 48.5 Å². The van der Waals surface area contributed by atoms with E-state index in [9.17, 15) is 14.7 Å². The third-order valence-corrected chi connectivity index (χ3v) is 5.32. The number of nitrogens with one attached hydrogen (secondary N) is 1. The number of nitrogens with zero attached hydrogens (tertiary/aromatic N) is 1. The molecule has 2 aromatic rings. The number of carbonyl (C=O) groups excluding carboxylic acids is 1. The van der Waals surface area contributed by atoms with Crippen LogP contribution in [0.5, 0.6) is 5.75 Å². The molecule has 1 unspecified atom stereocenters. The number of amides is 2. The molecule has 0 radical (unpaired) electrons. The zero-order chi connectivity index (χ0) is 25.5. The molecule has 35 heavy (non-hydrogen) atoms. The molecule has 192 valence electrons. The van der Waals surface area contributed by atoms with Crippen molar-refractivity contribution in [3.8, 4) is 5.75 Å². The van der Waals surface area contributed by atoms with E-state index in [1.165, 1.54) is 0 Å². The van der Waals surface area contributed by atoms with Crippen LogP contribution in [0.4, 0.5) is 10.5 Å². The van der Waals surface area contributed by atoms with Gasteiger partial charge in [-0.25, -0.2) is 9.59 Å². The number of aryl methyl sites for hydroxylation is 1. The van der Waals surface area contributed by atoms with Gasteiger partial charge in [-0.05, 0) is 55.7 Å². The molecule has 8 nitrogen and oxygen atoms in total. The number of ether oxygens (including phenoxy) is 3. The number of anilines is 1. The van der Waals surface area contributed by atoms with Crippen LogP contribution in [0.3, 0.4) is 0 Å². The molecule has 0 aromatic heterocycles. The Morgan fingerprint density at radius 2 is 1.77 bits per heavy atom. The molecule has 0 spiro atoms. The van der Waals surface area contributed by atoms with Crippen LogP contribution in [-0.2, 0) is 20.7 Å². The number of hydrogen-bond donors (Lipinski definition) is 2. The highest BCUT2D eigenvalue weighted by Crippen LogP contribution is 2.15. The van der Waals surface area contributed by atoms with Crippen LogP contribution in [0.1, 0.15) is 37.8 Å². The first kappa shape index (κ1) is 28.1. The van der Waals surface area contributed by atoms with Crippen LogP contribution in [-0.4, -0.2) is 67.6 Å². The Morgan fingerprint density at radius 1 is 1.03 bits per heavy atom. The Kier molecular flexibility index (Phi) is 12.7. The van der Waals surface area contributed by atoms with Gasteiger partial charge in [-0.2, -0.15) is 0 Å². The minimum atomic E-state index is -0.977. The van der Waals surface area contributed by atoms with Crippen LogP contribution in [0, 0.1) is 6.92 Å². The Bertz CT molecular complexity index is 903. The Morgan fingerprint density at radius 3 is 2.43 bits per heavy atom. The van der Waals surface area contributed by atoms with Crippen molar-refractivity contribution in [1.82, 2.24) is 4.90 Å². The summed E-state index contributed by atoms with van der Waals surface area (Å²) in [6.07, 6.45) is 1.47. The lowest BCUT2D eigenvalue weighted by molar-refractivity contribution is -0.149. The molecule has 0 heterocycles. The van der Waals surface area contributed by atoms with E-state index >= 15 is 0 Å². The number of urea groups is 1. The molecule has 8 heteroatoms. The summed E-state index contributed by atoms with van der Waals surface area (Å²) in [5.74, 6) is -0.329. The highest BCUT2D eigenvalue weighted by atomic mass is 16.5. The largest absolute Gasteiger partial charge is 0.492 e. The van der Waals surface area contributed by atoms with Crippen molar-refractivity contribution in [2.75, 3.05) is 44.8 Å². The smallest absolute Gasteiger partial charge is 0.333 e. The van der Waals surface area contributed by atoms with Crippen molar-refractivity contribution in [2.24, 2.45) is 0 Å². The van der Waals surface area contributed by atoms with E-state index in [0.29, 0.717) is 45.3 Å². The molecule has 2 amide bonds. The standard InChI is InChI=1S/C27H38N2O6/c1-4-6-16-33-17-14-29(27(32)28-23-9-7-8-21(3)19-23)15-18-35-24-12-10-22(11-13-24)20-25(26(30)31)34-5-2/h7-13,19,25H,4-6,14-18,20H2,1-3H3,(H,28,32)(H,30,31). The number of carboxylic acid groups (broad SMARTS) is 1. The van der Waals surface area contributed by atoms with Gasteiger partial charge in [-0.15, -0.1) is 0 Å². The zero-order valence-corrected chi connectivity index (χ0v) is 21.0. The second kappa shape index (κ2) is 15.7. The van der Waals surface area contributed by atoms with Crippen molar-refractivity contribution in [3.63, 3.8) is 0 Å². The summed E-state index contributed by atoms with van der Waals surface area (Å²) in [6, 6.07) is 14.7. The molecule has 0 bridgehead atoms. The van der Waals surface area contributed by atoms with E-state index in [0.717, 1.165) is 29.7 Å². The van der Waals surface area contributed by atoms with Crippen molar-refractivity contribution in [1.29, 1.82) is 0 Å². The molecule has 0 aliphatic rings. The lowest BCUT2D eigenvalue weighted by atomic mass is 10.1. The van der Waals surface area contributed by atoms with Crippen LogP contribution in [0.2, 0.25) is 0 Å². The molecule has 1 atom stereocenters. The minimum Gasteiger partial charge on any atom is -0.492 e. The third-order valence-electron chi connectivity index (χ3n) is 5.32. The predicted octanol–water partition coefficient (Wildman–Crippen LogP) is 4.76. The van der Waals surface area contributed by atoms with Crippen molar-refractivity contribution >= 4 is 17.7 Å². The fourth-order valence-corrected chi connectivity index (χ4v) is 3.39. The van der Waals surface area contributed by atoms with Gasteiger partial charge in [0, 0.05) is 31.9 Å². The van der Waals surface area contributed by atoms with E-state index < -0.39 is 12.1 Å². The maximum Gasteiger partial charge on any atom is 0.333 e. The fourth-order valence-electron chi connectivity index (χ4n) is 3.39. The maximum atomic E-state index is 12.9. The van der Waals surface area contributed by atoms with Gasteiger partial charge in [0.1, 0.15) is 12.4 Å². The molecule has 2 N–H and O–H groups in total. The van der Waals surface area contributed by atoms with Crippen molar-refractivity contribution < 1.29 is 28.9 Å². The molecule has 0 aliphatic carbocycles. The maximum absolute atomic E-state index is 12.9. The van der Waals surface area contributed by atoms with E-state index in [-0.39, 0.29) is 12.5 Å². The average Bonchev–Trinajstić information content (AvgIpc) is 2.83. The Balaban J connectivity index is 1.90. The number of carbonyl (C=O) groups is 2. The van der Waals surface area contributed by atoms with E-state index in [1.54, 1.807) is 24.0 Å².